The van der Waals surface area contributed by atoms with Crippen LogP contribution < -0.4 is 0 Å². The highest BCUT2D eigenvalue weighted by molar-refractivity contribution is 6.03. The van der Waals surface area contributed by atoms with Gasteiger partial charge in [0.05, 0.1) is 17.4 Å². The van der Waals surface area contributed by atoms with E-state index in [1.54, 1.807) is 12.1 Å². The minimum absolute atomic E-state index is 0.0977. The Labute approximate surface area is 86.1 Å². The lowest BCUT2D eigenvalue weighted by Crippen LogP contribution is -2.11. The van der Waals surface area contributed by atoms with E-state index in [4.69, 9.17) is 9.47 Å². The van der Waals surface area contributed by atoms with Crippen molar-refractivity contribution in [2.75, 3.05) is 6.61 Å². The molecular formula is C11H8O4. The molecule has 0 bridgehead atoms. The van der Waals surface area contributed by atoms with Crippen LogP contribution in [0.4, 0.5) is 0 Å². The van der Waals surface area contributed by atoms with Gasteiger partial charge in [0.1, 0.15) is 6.61 Å². The van der Waals surface area contributed by atoms with E-state index in [2.05, 4.69) is 0 Å². The van der Waals surface area contributed by atoms with Crippen LogP contribution >= 0.6 is 0 Å². The first-order chi connectivity index (χ1) is 7.29. The monoisotopic (exact) mass is 204 g/mol. The zero-order valence-electron chi connectivity index (χ0n) is 7.80. The smallest absolute Gasteiger partial charge is 0.343 e. The maximum atomic E-state index is 11.5. The molecule has 0 atom stereocenters. The Hall–Kier alpha value is -2.10. The summed E-state index contributed by atoms with van der Waals surface area (Å²) in [6.07, 6.45) is 2.68. The largest absolute Gasteiger partial charge is 0.458 e. The van der Waals surface area contributed by atoms with Crippen LogP contribution in [0.25, 0.3) is 0 Å². The number of esters is 2. The van der Waals surface area contributed by atoms with Gasteiger partial charge in [-0.05, 0) is 18.2 Å². The van der Waals surface area contributed by atoms with Crippen molar-refractivity contribution >= 4 is 11.9 Å². The predicted octanol–water partition coefficient (Wildman–Crippen LogP) is 1.53. The average Bonchev–Trinajstić information content (AvgIpc) is 2.33. The first-order valence-corrected chi connectivity index (χ1v) is 4.41. The highest BCUT2D eigenvalue weighted by Crippen LogP contribution is 2.13. The van der Waals surface area contributed by atoms with E-state index >= 15 is 0 Å². The Kier molecular flexibility index (Phi) is 2.49. The summed E-state index contributed by atoms with van der Waals surface area (Å²) in [6.45, 7) is 0.0977. The van der Waals surface area contributed by atoms with Crippen LogP contribution in [-0.4, -0.2) is 18.5 Å². The van der Waals surface area contributed by atoms with Crippen molar-refractivity contribution in [3.05, 3.63) is 47.7 Å². The second-order valence-corrected chi connectivity index (χ2v) is 2.92. The van der Waals surface area contributed by atoms with Crippen LogP contribution in [0.3, 0.4) is 0 Å². The Balaban J connectivity index is 2.49. The van der Waals surface area contributed by atoms with E-state index < -0.39 is 11.9 Å². The van der Waals surface area contributed by atoms with Gasteiger partial charge in [-0.25, -0.2) is 9.59 Å². The van der Waals surface area contributed by atoms with Gasteiger partial charge in [0.15, 0.2) is 0 Å². The highest BCUT2D eigenvalue weighted by atomic mass is 16.5. The molecule has 1 aromatic rings. The third kappa shape index (κ3) is 1.88. The molecule has 0 N–H and O–H groups in total. The van der Waals surface area contributed by atoms with Crippen LogP contribution in [-0.2, 0) is 9.47 Å². The SMILES string of the molecule is O=C1OC=CCOC(=O)c2ccccc21. The van der Waals surface area contributed by atoms with Gasteiger partial charge in [0, 0.05) is 0 Å². The minimum atomic E-state index is -0.555. The quantitative estimate of drug-likeness (QED) is 0.601. The number of hydrogen-bond acceptors (Lipinski definition) is 4. The number of cyclic esters (lactones) is 2. The average molecular weight is 204 g/mol. The zero-order chi connectivity index (χ0) is 10.7. The molecule has 0 saturated heterocycles. The van der Waals surface area contributed by atoms with Crippen molar-refractivity contribution in [3.8, 4) is 0 Å². The molecule has 1 aliphatic heterocycles. The molecule has 15 heavy (non-hydrogen) atoms. The Morgan fingerprint density at radius 1 is 1.00 bits per heavy atom. The van der Waals surface area contributed by atoms with Gasteiger partial charge in [-0.3, -0.25) is 0 Å². The molecule has 0 saturated carbocycles. The summed E-state index contributed by atoms with van der Waals surface area (Å²) in [5.41, 5.74) is 0.445. The van der Waals surface area contributed by atoms with Crippen LogP contribution in [0, 0.1) is 0 Å². The molecule has 4 heteroatoms. The van der Waals surface area contributed by atoms with Crippen LogP contribution in [0.1, 0.15) is 20.7 Å². The van der Waals surface area contributed by atoms with E-state index in [1.807, 2.05) is 0 Å². The molecule has 0 radical (unpaired) electrons. The number of carbonyl (C=O) groups excluding carboxylic acids is 2. The van der Waals surface area contributed by atoms with Gasteiger partial charge in [-0.15, -0.1) is 0 Å². The van der Waals surface area contributed by atoms with Crippen LogP contribution in [0.5, 0.6) is 0 Å². The van der Waals surface area contributed by atoms with Crippen molar-refractivity contribution < 1.29 is 19.1 Å². The Morgan fingerprint density at radius 3 is 2.40 bits per heavy atom. The molecule has 0 spiro atoms. The second-order valence-electron chi connectivity index (χ2n) is 2.92. The van der Waals surface area contributed by atoms with Gasteiger partial charge in [-0.1, -0.05) is 12.1 Å². The first-order valence-electron chi connectivity index (χ1n) is 4.41. The summed E-state index contributed by atoms with van der Waals surface area (Å²) in [5.74, 6) is -1.07. The van der Waals surface area contributed by atoms with Crippen molar-refractivity contribution in [1.82, 2.24) is 0 Å². The molecule has 0 fully saturated rings. The number of fused-ring (bicyclic) bond motifs is 1. The molecular weight excluding hydrogens is 196 g/mol. The predicted molar refractivity (Wildman–Crippen MR) is 51.3 cm³/mol. The standard InChI is InChI=1S/C11H8O4/c12-10-8-4-1-2-5-9(8)11(13)15-7-3-6-14-10/h1-6H,7H2. The summed E-state index contributed by atoms with van der Waals surface area (Å²) in [4.78, 5) is 23.0. The molecule has 0 aromatic heterocycles. The molecule has 1 aliphatic rings. The molecule has 2 rings (SSSR count). The molecule has 4 nitrogen and oxygen atoms in total. The third-order valence-corrected chi connectivity index (χ3v) is 1.95. The zero-order valence-corrected chi connectivity index (χ0v) is 7.80. The third-order valence-electron chi connectivity index (χ3n) is 1.95. The number of hydrogen-bond donors (Lipinski definition) is 0. The van der Waals surface area contributed by atoms with Crippen LogP contribution in [0.2, 0.25) is 0 Å². The number of benzene rings is 1. The molecule has 0 aliphatic carbocycles. The Bertz CT molecular complexity index is 434. The molecule has 76 valence electrons. The van der Waals surface area contributed by atoms with E-state index in [0.29, 0.717) is 0 Å². The van der Waals surface area contributed by atoms with Gasteiger partial charge in [0.2, 0.25) is 0 Å². The van der Waals surface area contributed by atoms with E-state index in [1.165, 1.54) is 24.5 Å². The fourth-order valence-electron chi connectivity index (χ4n) is 1.25. The summed E-state index contributed by atoms with van der Waals surface area (Å²) >= 11 is 0. The maximum Gasteiger partial charge on any atom is 0.343 e. The lowest BCUT2D eigenvalue weighted by atomic mass is 10.1. The van der Waals surface area contributed by atoms with Crippen LogP contribution in [0.15, 0.2) is 36.6 Å². The molecule has 0 unspecified atom stereocenters. The summed E-state index contributed by atoms with van der Waals surface area (Å²) in [5, 5.41) is 0. The fourth-order valence-corrected chi connectivity index (χ4v) is 1.25. The van der Waals surface area contributed by atoms with E-state index in [9.17, 15) is 9.59 Å². The second kappa shape index (κ2) is 3.96. The topological polar surface area (TPSA) is 52.6 Å². The normalized spacial score (nSPS) is 15.5. The van der Waals surface area contributed by atoms with Crippen molar-refractivity contribution in [3.63, 3.8) is 0 Å². The van der Waals surface area contributed by atoms with Gasteiger partial charge < -0.3 is 9.47 Å². The maximum absolute atomic E-state index is 11.5. The van der Waals surface area contributed by atoms with Gasteiger partial charge in [-0.2, -0.15) is 0 Å². The van der Waals surface area contributed by atoms with Gasteiger partial charge in [0.25, 0.3) is 0 Å². The first kappa shape index (κ1) is 9.45. The number of rotatable bonds is 0. The summed E-state index contributed by atoms with van der Waals surface area (Å²) in [6, 6.07) is 6.38. The lowest BCUT2D eigenvalue weighted by Gasteiger charge is -2.04. The summed E-state index contributed by atoms with van der Waals surface area (Å²) in [7, 11) is 0. The molecule has 0 amide bonds. The summed E-state index contributed by atoms with van der Waals surface area (Å²) < 4.78 is 9.67. The number of carbonyl (C=O) groups is 2. The van der Waals surface area contributed by atoms with Crippen molar-refractivity contribution in [1.29, 1.82) is 0 Å². The highest BCUT2D eigenvalue weighted by Gasteiger charge is 2.18. The molecule has 1 heterocycles. The minimum Gasteiger partial charge on any atom is -0.458 e. The van der Waals surface area contributed by atoms with Gasteiger partial charge >= 0.3 is 11.9 Å². The van der Waals surface area contributed by atoms with E-state index in [0.717, 1.165) is 0 Å². The Morgan fingerprint density at radius 2 is 1.67 bits per heavy atom. The number of ether oxygens (including phenoxy) is 2. The van der Waals surface area contributed by atoms with E-state index in [-0.39, 0.29) is 17.7 Å². The van der Waals surface area contributed by atoms with Crippen molar-refractivity contribution in [2.45, 2.75) is 0 Å². The molecule has 1 aromatic carbocycles. The fraction of sp³-hybridized carbons (Fsp3) is 0.0909. The van der Waals surface area contributed by atoms with Crippen molar-refractivity contribution in [2.24, 2.45) is 0 Å². The lowest BCUT2D eigenvalue weighted by molar-refractivity contribution is 0.0545.